The van der Waals surface area contributed by atoms with Crippen LogP contribution in [0.4, 0.5) is 0 Å². The Labute approximate surface area is 117 Å². The van der Waals surface area contributed by atoms with Gasteiger partial charge in [-0.15, -0.1) is 11.3 Å². The number of thioether (sulfide) groups is 1. The zero-order valence-electron chi connectivity index (χ0n) is 10.7. The summed E-state index contributed by atoms with van der Waals surface area (Å²) in [6.07, 6.45) is 3.95. The third-order valence-electron chi connectivity index (χ3n) is 2.48. The molecular formula is C11H20N2O2S3. The van der Waals surface area contributed by atoms with E-state index in [4.69, 9.17) is 5.73 Å². The highest BCUT2D eigenvalue weighted by Crippen LogP contribution is 2.25. The van der Waals surface area contributed by atoms with E-state index in [0.717, 1.165) is 28.3 Å². The first kappa shape index (κ1) is 16.0. The van der Waals surface area contributed by atoms with Crippen molar-refractivity contribution in [1.29, 1.82) is 0 Å². The van der Waals surface area contributed by atoms with E-state index < -0.39 is 10.0 Å². The van der Waals surface area contributed by atoms with Gasteiger partial charge in [-0.3, -0.25) is 0 Å². The molecule has 0 unspecified atom stereocenters. The molecular weight excluding hydrogens is 288 g/mol. The van der Waals surface area contributed by atoms with Crippen LogP contribution < -0.4 is 10.5 Å². The maximum atomic E-state index is 12.1. The molecule has 0 fully saturated rings. The van der Waals surface area contributed by atoms with E-state index in [2.05, 4.69) is 4.72 Å². The molecule has 0 aliphatic rings. The summed E-state index contributed by atoms with van der Waals surface area (Å²) in [7, 11) is -3.37. The Hall–Kier alpha value is -0.0800. The number of nitrogens with two attached hydrogens (primary N) is 1. The maximum Gasteiger partial charge on any atom is 0.241 e. The number of unbranched alkanes of at least 4 members (excludes halogenated alkanes) is 1. The van der Waals surface area contributed by atoms with E-state index in [-0.39, 0.29) is 0 Å². The van der Waals surface area contributed by atoms with Gasteiger partial charge in [0.2, 0.25) is 10.0 Å². The number of nitrogens with one attached hydrogen (secondary N) is 1. The molecule has 0 aliphatic heterocycles. The summed E-state index contributed by atoms with van der Waals surface area (Å²) >= 11 is 3.22. The molecule has 7 heteroatoms. The van der Waals surface area contributed by atoms with Crippen LogP contribution in [0.25, 0.3) is 0 Å². The van der Waals surface area contributed by atoms with Gasteiger partial charge >= 0.3 is 0 Å². The van der Waals surface area contributed by atoms with Crippen molar-refractivity contribution in [2.24, 2.45) is 5.73 Å². The Morgan fingerprint density at radius 1 is 1.44 bits per heavy atom. The average molecular weight is 308 g/mol. The first-order valence-corrected chi connectivity index (χ1v) is 9.48. The molecule has 3 N–H and O–H groups in total. The number of hydrogen-bond donors (Lipinski definition) is 2. The quantitative estimate of drug-likeness (QED) is 0.720. The van der Waals surface area contributed by atoms with Crippen LogP contribution in [0.3, 0.4) is 0 Å². The topological polar surface area (TPSA) is 72.2 Å². The summed E-state index contributed by atoms with van der Waals surface area (Å²) in [5.41, 5.74) is 5.52. The molecule has 0 spiro atoms. The van der Waals surface area contributed by atoms with Crippen molar-refractivity contribution in [1.82, 2.24) is 4.72 Å². The Balaban J connectivity index is 2.60. The molecule has 0 saturated carbocycles. The van der Waals surface area contributed by atoms with Gasteiger partial charge in [-0.1, -0.05) is 0 Å². The number of sulfonamides is 1. The lowest BCUT2D eigenvalue weighted by molar-refractivity contribution is 0.578. The van der Waals surface area contributed by atoms with Crippen LogP contribution in [-0.2, 0) is 16.6 Å². The highest BCUT2D eigenvalue weighted by molar-refractivity contribution is 7.98. The normalized spacial score (nSPS) is 11.9. The van der Waals surface area contributed by atoms with E-state index in [9.17, 15) is 8.42 Å². The Morgan fingerprint density at radius 3 is 2.72 bits per heavy atom. The van der Waals surface area contributed by atoms with E-state index in [0.29, 0.717) is 18.0 Å². The lowest BCUT2D eigenvalue weighted by Crippen LogP contribution is -2.25. The fraction of sp³-hybridized carbons (Fsp3) is 0.636. The van der Waals surface area contributed by atoms with Crippen molar-refractivity contribution in [3.05, 3.63) is 15.8 Å². The van der Waals surface area contributed by atoms with Gasteiger partial charge in [0.25, 0.3) is 0 Å². The second kappa shape index (κ2) is 7.49. The fourth-order valence-electron chi connectivity index (χ4n) is 1.55. The van der Waals surface area contributed by atoms with E-state index in [1.54, 1.807) is 17.8 Å². The van der Waals surface area contributed by atoms with Crippen LogP contribution in [0.5, 0.6) is 0 Å². The molecule has 1 aromatic heterocycles. The van der Waals surface area contributed by atoms with Crippen molar-refractivity contribution in [3.8, 4) is 0 Å². The van der Waals surface area contributed by atoms with Gasteiger partial charge in [0.05, 0.1) is 4.90 Å². The summed E-state index contributed by atoms with van der Waals surface area (Å²) < 4.78 is 26.8. The van der Waals surface area contributed by atoms with Crippen molar-refractivity contribution >= 4 is 33.1 Å². The lowest BCUT2D eigenvalue weighted by Gasteiger charge is -2.05. The molecule has 0 saturated heterocycles. The van der Waals surface area contributed by atoms with Crippen LogP contribution in [0, 0.1) is 6.92 Å². The molecule has 0 aromatic carbocycles. The minimum atomic E-state index is -3.37. The smallest absolute Gasteiger partial charge is 0.241 e. The zero-order valence-corrected chi connectivity index (χ0v) is 13.2. The molecule has 1 rings (SSSR count). The predicted octanol–water partition coefficient (Wildman–Crippen LogP) is 1.94. The van der Waals surface area contributed by atoms with Gasteiger partial charge in [0.1, 0.15) is 0 Å². The van der Waals surface area contributed by atoms with Crippen LogP contribution >= 0.6 is 23.1 Å². The monoisotopic (exact) mass is 308 g/mol. The Morgan fingerprint density at radius 2 is 2.17 bits per heavy atom. The molecule has 18 heavy (non-hydrogen) atoms. The van der Waals surface area contributed by atoms with E-state index in [1.165, 1.54) is 11.3 Å². The highest BCUT2D eigenvalue weighted by Gasteiger charge is 2.18. The van der Waals surface area contributed by atoms with E-state index >= 15 is 0 Å². The van der Waals surface area contributed by atoms with Gasteiger partial charge in [0, 0.05) is 22.8 Å². The molecule has 104 valence electrons. The van der Waals surface area contributed by atoms with Crippen molar-refractivity contribution in [2.45, 2.75) is 31.2 Å². The second-order valence-corrected chi connectivity index (χ2v) is 8.00. The van der Waals surface area contributed by atoms with Crippen LogP contribution in [0.15, 0.2) is 11.0 Å². The second-order valence-electron chi connectivity index (χ2n) is 3.93. The highest BCUT2D eigenvalue weighted by atomic mass is 32.2. The number of thiophene rings is 1. The first-order valence-electron chi connectivity index (χ1n) is 5.79. The van der Waals surface area contributed by atoms with Crippen LogP contribution in [-0.4, -0.2) is 27.0 Å². The van der Waals surface area contributed by atoms with E-state index in [1.807, 2.05) is 13.2 Å². The van der Waals surface area contributed by atoms with Crippen molar-refractivity contribution in [2.75, 3.05) is 18.6 Å². The van der Waals surface area contributed by atoms with Gasteiger partial charge in [0.15, 0.2) is 0 Å². The summed E-state index contributed by atoms with van der Waals surface area (Å²) in [4.78, 5) is 2.07. The largest absolute Gasteiger partial charge is 0.326 e. The summed E-state index contributed by atoms with van der Waals surface area (Å²) in [5.74, 6) is 1.07. The molecule has 4 nitrogen and oxygen atoms in total. The number of rotatable bonds is 8. The lowest BCUT2D eigenvalue weighted by atomic mass is 10.3. The summed E-state index contributed by atoms with van der Waals surface area (Å²) in [6, 6.07) is 1.67. The SMILES string of the molecule is CSCCCCNS(=O)(=O)c1cc(CN)sc1C. The van der Waals surface area contributed by atoms with Crippen molar-refractivity contribution in [3.63, 3.8) is 0 Å². The molecule has 0 amide bonds. The van der Waals surface area contributed by atoms with Crippen LogP contribution in [0.2, 0.25) is 0 Å². The van der Waals surface area contributed by atoms with Gasteiger partial charge in [-0.2, -0.15) is 11.8 Å². The van der Waals surface area contributed by atoms with Gasteiger partial charge < -0.3 is 5.73 Å². The minimum absolute atomic E-state index is 0.373. The fourth-order valence-corrected chi connectivity index (χ4v) is 4.63. The number of aryl methyl sites for hydroxylation is 1. The Bertz CT molecular complexity index is 469. The standard InChI is InChI=1S/C11H20N2O2S3/c1-9-11(7-10(8-12)17-9)18(14,15)13-5-3-4-6-16-2/h7,13H,3-6,8,12H2,1-2H3. The molecule has 0 aliphatic carbocycles. The molecule has 1 aromatic rings. The summed E-state index contributed by atoms with van der Waals surface area (Å²) in [5, 5.41) is 0. The zero-order chi connectivity index (χ0) is 13.6. The number of hydrogen-bond acceptors (Lipinski definition) is 5. The summed E-state index contributed by atoms with van der Waals surface area (Å²) in [6.45, 7) is 2.69. The minimum Gasteiger partial charge on any atom is -0.326 e. The molecule has 0 radical (unpaired) electrons. The molecule has 0 atom stereocenters. The van der Waals surface area contributed by atoms with Crippen molar-refractivity contribution < 1.29 is 8.42 Å². The van der Waals surface area contributed by atoms with Gasteiger partial charge in [-0.05, 0) is 37.8 Å². The average Bonchev–Trinajstić information content (AvgIpc) is 2.71. The Kier molecular flexibility index (Phi) is 6.65. The third kappa shape index (κ3) is 4.55. The predicted molar refractivity (Wildman–Crippen MR) is 79.8 cm³/mol. The maximum absolute atomic E-state index is 12.1. The molecule has 0 bridgehead atoms. The van der Waals surface area contributed by atoms with Crippen LogP contribution in [0.1, 0.15) is 22.6 Å². The van der Waals surface area contributed by atoms with Gasteiger partial charge in [-0.25, -0.2) is 13.1 Å². The third-order valence-corrected chi connectivity index (χ3v) is 5.97. The molecule has 1 heterocycles. The first-order chi connectivity index (χ1) is 8.51.